The Hall–Kier alpha value is -1.17. The van der Waals surface area contributed by atoms with E-state index in [2.05, 4.69) is 59.5 Å². The molecule has 0 aromatic carbocycles. The van der Waals surface area contributed by atoms with Gasteiger partial charge in [-0.3, -0.25) is 4.90 Å². The smallest absolute Gasteiger partial charge is 0.213 e. The summed E-state index contributed by atoms with van der Waals surface area (Å²) in [5.74, 6) is 3.04. The number of hydrogen-bond acceptors (Lipinski definition) is 5. The molecule has 4 rings (SSSR count). The van der Waals surface area contributed by atoms with Crippen molar-refractivity contribution in [2.75, 3.05) is 52.4 Å². The van der Waals surface area contributed by atoms with Gasteiger partial charge in [0.25, 0.3) is 0 Å². The van der Waals surface area contributed by atoms with E-state index in [0.29, 0.717) is 12.0 Å². The first-order valence-corrected chi connectivity index (χ1v) is 13.8. The van der Waals surface area contributed by atoms with Gasteiger partial charge < -0.3 is 14.5 Å². The van der Waals surface area contributed by atoms with Crippen LogP contribution in [0.3, 0.4) is 0 Å². The third-order valence-corrected chi connectivity index (χ3v) is 8.38. The lowest BCUT2D eigenvalue weighted by atomic mass is 9.81. The molecule has 0 amide bonds. The lowest BCUT2D eigenvalue weighted by Crippen LogP contribution is -2.51. The Morgan fingerprint density at radius 1 is 0.939 bits per heavy atom. The highest BCUT2D eigenvalue weighted by molar-refractivity contribution is 5.23. The van der Waals surface area contributed by atoms with Gasteiger partial charge in [-0.1, -0.05) is 27.2 Å². The fourth-order valence-corrected chi connectivity index (χ4v) is 6.01. The van der Waals surface area contributed by atoms with Crippen LogP contribution in [0.1, 0.15) is 77.7 Å². The average molecular weight is 457 g/mol. The number of piperazine rings is 1. The van der Waals surface area contributed by atoms with Crippen molar-refractivity contribution in [3.05, 3.63) is 23.9 Å². The highest BCUT2D eigenvalue weighted by atomic mass is 16.5. The van der Waals surface area contributed by atoms with Crippen LogP contribution in [0, 0.1) is 11.8 Å². The second-order valence-corrected chi connectivity index (χ2v) is 11.4. The number of nitrogens with zero attached hydrogens (tertiary/aromatic N) is 4. The van der Waals surface area contributed by atoms with E-state index in [1.807, 2.05) is 6.20 Å². The largest absolute Gasteiger partial charge is 0.474 e. The third-order valence-electron chi connectivity index (χ3n) is 8.38. The highest BCUT2D eigenvalue weighted by Gasteiger charge is 2.33. The van der Waals surface area contributed by atoms with Crippen LogP contribution in [0.4, 0.5) is 0 Å². The zero-order valence-corrected chi connectivity index (χ0v) is 21.7. The maximum Gasteiger partial charge on any atom is 0.213 e. The van der Waals surface area contributed by atoms with Crippen molar-refractivity contribution in [2.45, 2.75) is 84.3 Å². The van der Waals surface area contributed by atoms with E-state index < -0.39 is 0 Å². The van der Waals surface area contributed by atoms with Gasteiger partial charge in [0, 0.05) is 57.6 Å². The summed E-state index contributed by atoms with van der Waals surface area (Å²) in [6, 6.07) is 4.98. The van der Waals surface area contributed by atoms with E-state index in [9.17, 15) is 0 Å². The van der Waals surface area contributed by atoms with Crippen molar-refractivity contribution in [3.8, 4) is 5.88 Å². The zero-order chi connectivity index (χ0) is 23.2. The van der Waals surface area contributed by atoms with Crippen LogP contribution in [0.5, 0.6) is 5.88 Å². The van der Waals surface area contributed by atoms with Crippen LogP contribution in [-0.4, -0.2) is 84.2 Å². The second-order valence-electron chi connectivity index (χ2n) is 11.4. The molecule has 1 atom stereocenters. The molecule has 0 bridgehead atoms. The van der Waals surface area contributed by atoms with Crippen molar-refractivity contribution in [1.82, 2.24) is 19.7 Å². The first-order valence-electron chi connectivity index (χ1n) is 13.8. The Bertz CT molecular complexity index is 704. The molecular formula is C28H48N4O. The maximum atomic E-state index is 6.16. The van der Waals surface area contributed by atoms with Crippen LogP contribution in [0.2, 0.25) is 0 Å². The molecule has 186 valence electrons. The number of hydrogen-bond donors (Lipinski definition) is 0. The summed E-state index contributed by atoms with van der Waals surface area (Å²) in [6.45, 7) is 19.4. The molecule has 1 aromatic heterocycles. The Balaban J connectivity index is 1.09. The second kappa shape index (κ2) is 12.0. The molecule has 1 aromatic rings. The number of ether oxygens (including phenoxy) is 1. The summed E-state index contributed by atoms with van der Waals surface area (Å²) < 4.78 is 6.16. The van der Waals surface area contributed by atoms with Gasteiger partial charge in [-0.25, -0.2) is 4.98 Å². The van der Waals surface area contributed by atoms with Crippen LogP contribution in [0.25, 0.3) is 0 Å². The summed E-state index contributed by atoms with van der Waals surface area (Å²) in [4.78, 5) is 12.6. The van der Waals surface area contributed by atoms with Crippen molar-refractivity contribution in [3.63, 3.8) is 0 Å². The van der Waals surface area contributed by atoms with E-state index in [4.69, 9.17) is 4.74 Å². The standard InChI is InChI=1S/C28H48N4O/c1-5-6-23(4)32-15-13-31(14-16-32)20-24-8-11-30(12-9-24)21-25-17-27(18-25)33-28-19-26(22(2)3)7-10-29-28/h7,10,19,22-25,27H,5-6,8-9,11-18,20-21H2,1-4H3. The van der Waals surface area contributed by atoms with Crippen molar-refractivity contribution >= 4 is 0 Å². The molecule has 5 heteroatoms. The van der Waals surface area contributed by atoms with Crippen molar-refractivity contribution < 1.29 is 4.74 Å². The van der Waals surface area contributed by atoms with Gasteiger partial charge in [-0.2, -0.15) is 0 Å². The number of aromatic nitrogens is 1. The van der Waals surface area contributed by atoms with E-state index in [0.717, 1.165) is 23.8 Å². The SMILES string of the molecule is CCCC(C)N1CCN(CC2CCN(CC3CC(Oc4cc(C(C)C)ccn4)C3)CC2)CC1. The normalized spacial score (nSPS) is 26.9. The van der Waals surface area contributed by atoms with Gasteiger partial charge in [-0.05, 0) is 81.5 Å². The van der Waals surface area contributed by atoms with Crippen LogP contribution < -0.4 is 4.74 Å². The Morgan fingerprint density at radius 2 is 1.61 bits per heavy atom. The molecule has 0 spiro atoms. The number of pyridine rings is 1. The summed E-state index contributed by atoms with van der Waals surface area (Å²) in [5, 5.41) is 0. The average Bonchev–Trinajstić information content (AvgIpc) is 2.79. The van der Waals surface area contributed by atoms with Crippen molar-refractivity contribution in [2.24, 2.45) is 11.8 Å². The molecule has 3 heterocycles. The van der Waals surface area contributed by atoms with Crippen LogP contribution in [-0.2, 0) is 0 Å². The van der Waals surface area contributed by atoms with Gasteiger partial charge in [0.05, 0.1) is 0 Å². The molecular weight excluding hydrogens is 408 g/mol. The van der Waals surface area contributed by atoms with Gasteiger partial charge in [0.1, 0.15) is 6.10 Å². The Morgan fingerprint density at radius 3 is 2.27 bits per heavy atom. The summed E-state index contributed by atoms with van der Waals surface area (Å²) in [6.07, 6.45) is 10.0. The lowest BCUT2D eigenvalue weighted by molar-refractivity contribution is 0.0282. The predicted molar refractivity (Wildman–Crippen MR) is 137 cm³/mol. The number of piperidine rings is 1. The predicted octanol–water partition coefficient (Wildman–Crippen LogP) is 4.88. The number of likely N-dealkylation sites (tertiary alicyclic amines) is 1. The van der Waals surface area contributed by atoms with Gasteiger partial charge >= 0.3 is 0 Å². The molecule has 33 heavy (non-hydrogen) atoms. The van der Waals surface area contributed by atoms with Gasteiger partial charge in [0.15, 0.2) is 0 Å². The summed E-state index contributed by atoms with van der Waals surface area (Å²) in [5.41, 5.74) is 1.31. The third kappa shape index (κ3) is 7.16. The quantitative estimate of drug-likeness (QED) is 0.501. The molecule has 2 aliphatic heterocycles. The zero-order valence-electron chi connectivity index (χ0n) is 21.7. The fourth-order valence-electron chi connectivity index (χ4n) is 6.01. The molecule has 5 nitrogen and oxygen atoms in total. The minimum Gasteiger partial charge on any atom is -0.474 e. The lowest BCUT2D eigenvalue weighted by Gasteiger charge is -2.42. The first-order chi connectivity index (χ1) is 16.0. The fraction of sp³-hybridized carbons (Fsp3) is 0.821. The molecule has 0 radical (unpaired) electrons. The molecule has 0 N–H and O–H groups in total. The Labute approximate surface area is 202 Å². The van der Waals surface area contributed by atoms with E-state index in [1.54, 1.807) is 0 Å². The minimum absolute atomic E-state index is 0.362. The molecule has 3 fully saturated rings. The van der Waals surface area contributed by atoms with Crippen LogP contribution in [0.15, 0.2) is 18.3 Å². The van der Waals surface area contributed by atoms with Crippen LogP contribution >= 0.6 is 0 Å². The molecule has 1 saturated carbocycles. The molecule has 3 aliphatic rings. The van der Waals surface area contributed by atoms with E-state index in [-0.39, 0.29) is 0 Å². The molecule has 1 unspecified atom stereocenters. The van der Waals surface area contributed by atoms with E-state index >= 15 is 0 Å². The van der Waals surface area contributed by atoms with E-state index in [1.165, 1.54) is 96.4 Å². The van der Waals surface area contributed by atoms with Gasteiger partial charge in [-0.15, -0.1) is 0 Å². The topological polar surface area (TPSA) is 31.8 Å². The minimum atomic E-state index is 0.362. The molecule has 1 aliphatic carbocycles. The Kier molecular flexibility index (Phi) is 9.06. The van der Waals surface area contributed by atoms with Gasteiger partial charge in [0.2, 0.25) is 5.88 Å². The highest BCUT2D eigenvalue weighted by Crippen LogP contribution is 2.33. The summed E-state index contributed by atoms with van der Waals surface area (Å²) >= 11 is 0. The summed E-state index contributed by atoms with van der Waals surface area (Å²) in [7, 11) is 0. The van der Waals surface area contributed by atoms with Crippen molar-refractivity contribution in [1.29, 1.82) is 0 Å². The number of rotatable bonds is 10. The first kappa shape index (κ1) is 24.9. The monoisotopic (exact) mass is 456 g/mol. The maximum absolute atomic E-state index is 6.16. The molecule has 2 saturated heterocycles.